The minimum atomic E-state index is -0.924. The fourth-order valence-corrected chi connectivity index (χ4v) is 1.74. The Hall–Kier alpha value is -2.00. The number of para-hydroxylation sites is 1. The molecule has 0 bridgehead atoms. The highest BCUT2D eigenvalue weighted by molar-refractivity contribution is 5.72. The van der Waals surface area contributed by atoms with Gasteiger partial charge in [-0.2, -0.15) is 0 Å². The van der Waals surface area contributed by atoms with Gasteiger partial charge in [0.25, 0.3) is 0 Å². The molecule has 96 valence electrons. The van der Waals surface area contributed by atoms with Gasteiger partial charge in [0, 0.05) is 10.0 Å². The van der Waals surface area contributed by atoms with Crippen molar-refractivity contribution >= 4 is 6.09 Å². The lowest BCUT2D eigenvalue weighted by molar-refractivity contribution is 0.209. The maximum absolute atomic E-state index is 11.3. The second kappa shape index (κ2) is 6.07. The Bertz CT molecular complexity index is 463. The molecule has 0 fully saturated rings. The van der Waals surface area contributed by atoms with Crippen LogP contribution in [0.1, 0.15) is 50.7 Å². The minimum Gasteiger partial charge on any atom is -0.421 e. The summed E-state index contributed by atoms with van der Waals surface area (Å²) in [7, 11) is 0. The highest BCUT2D eigenvalue weighted by Crippen LogP contribution is 2.34. The maximum Gasteiger partial charge on any atom is 0.402 e. The van der Waals surface area contributed by atoms with Crippen molar-refractivity contribution < 1.29 is 9.53 Å². The molecular formula is C13H17N3O2. The SMILES string of the molecule is CC(C)c1cccc(C(C)C)c1OC(=O)N=[N+]=[N-]. The van der Waals surface area contributed by atoms with Crippen molar-refractivity contribution in [2.45, 2.75) is 39.5 Å². The number of hydrogen-bond donors (Lipinski definition) is 0. The van der Waals surface area contributed by atoms with Gasteiger partial charge in [-0.05, 0) is 28.5 Å². The van der Waals surface area contributed by atoms with Crippen LogP contribution in [0.2, 0.25) is 0 Å². The number of hydrogen-bond acceptors (Lipinski definition) is 2. The molecule has 0 unspecified atom stereocenters. The van der Waals surface area contributed by atoms with E-state index >= 15 is 0 Å². The highest BCUT2D eigenvalue weighted by Gasteiger charge is 2.17. The van der Waals surface area contributed by atoms with E-state index in [2.05, 4.69) is 10.0 Å². The molecule has 0 saturated carbocycles. The number of carbonyl (C=O) groups is 1. The Morgan fingerprint density at radius 3 is 2.11 bits per heavy atom. The van der Waals surface area contributed by atoms with Gasteiger partial charge in [0.15, 0.2) is 0 Å². The van der Waals surface area contributed by atoms with E-state index in [4.69, 9.17) is 10.3 Å². The van der Waals surface area contributed by atoms with Crippen LogP contribution < -0.4 is 4.74 Å². The van der Waals surface area contributed by atoms with Gasteiger partial charge in [0.05, 0.1) is 0 Å². The molecule has 5 nitrogen and oxygen atoms in total. The fraction of sp³-hybridized carbons (Fsp3) is 0.462. The first-order chi connectivity index (χ1) is 8.47. The lowest BCUT2D eigenvalue weighted by Crippen LogP contribution is -2.07. The molecule has 0 saturated heterocycles. The fourth-order valence-electron chi connectivity index (χ4n) is 1.74. The third kappa shape index (κ3) is 3.25. The molecule has 0 aromatic heterocycles. The van der Waals surface area contributed by atoms with Gasteiger partial charge >= 0.3 is 6.09 Å². The van der Waals surface area contributed by atoms with Crippen LogP contribution in [0.3, 0.4) is 0 Å². The van der Waals surface area contributed by atoms with E-state index in [0.717, 1.165) is 11.1 Å². The zero-order valence-corrected chi connectivity index (χ0v) is 11.0. The van der Waals surface area contributed by atoms with E-state index in [1.165, 1.54) is 0 Å². The average Bonchev–Trinajstić information content (AvgIpc) is 2.28. The normalized spacial score (nSPS) is 10.3. The average molecular weight is 247 g/mol. The molecule has 0 aliphatic heterocycles. The molecule has 1 rings (SSSR count). The molecule has 1 aromatic carbocycles. The maximum atomic E-state index is 11.3. The smallest absolute Gasteiger partial charge is 0.402 e. The lowest BCUT2D eigenvalue weighted by Gasteiger charge is -2.17. The first-order valence-electron chi connectivity index (χ1n) is 5.87. The van der Waals surface area contributed by atoms with Gasteiger partial charge in [0.2, 0.25) is 0 Å². The van der Waals surface area contributed by atoms with Crippen LogP contribution in [0.4, 0.5) is 4.79 Å². The van der Waals surface area contributed by atoms with Gasteiger partial charge in [0.1, 0.15) is 5.75 Å². The van der Waals surface area contributed by atoms with E-state index in [0.29, 0.717) is 5.75 Å². The van der Waals surface area contributed by atoms with E-state index in [1.807, 2.05) is 45.9 Å². The molecule has 18 heavy (non-hydrogen) atoms. The first-order valence-corrected chi connectivity index (χ1v) is 5.87. The summed E-state index contributed by atoms with van der Waals surface area (Å²) in [6, 6.07) is 5.76. The molecule has 5 heteroatoms. The zero-order valence-electron chi connectivity index (χ0n) is 11.0. The Kier molecular flexibility index (Phi) is 4.75. The summed E-state index contributed by atoms with van der Waals surface area (Å²) >= 11 is 0. The van der Waals surface area contributed by atoms with Crippen molar-refractivity contribution in [2.75, 3.05) is 0 Å². The minimum absolute atomic E-state index is 0.220. The number of rotatable bonds is 3. The van der Waals surface area contributed by atoms with E-state index < -0.39 is 6.09 Å². The quantitative estimate of drug-likeness (QED) is 0.439. The number of amides is 1. The van der Waals surface area contributed by atoms with Gasteiger partial charge in [-0.15, -0.1) is 0 Å². The number of azide groups is 1. The molecule has 0 atom stereocenters. The Balaban J connectivity index is 3.26. The van der Waals surface area contributed by atoms with Crippen LogP contribution in [0.5, 0.6) is 5.75 Å². The van der Waals surface area contributed by atoms with Crippen molar-refractivity contribution in [1.29, 1.82) is 0 Å². The van der Waals surface area contributed by atoms with Gasteiger partial charge in [-0.3, -0.25) is 0 Å². The van der Waals surface area contributed by atoms with Crippen molar-refractivity contribution in [1.82, 2.24) is 0 Å². The monoisotopic (exact) mass is 247 g/mol. The molecule has 0 heterocycles. The second-order valence-corrected chi connectivity index (χ2v) is 4.63. The predicted octanol–water partition coefficient (Wildman–Crippen LogP) is 4.74. The van der Waals surface area contributed by atoms with E-state index in [9.17, 15) is 4.79 Å². The van der Waals surface area contributed by atoms with E-state index in [1.54, 1.807) is 0 Å². The third-order valence-corrected chi connectivity index (χ3v) is 2.64. The van der Waals surface area contributed by atoms with Crippen molar-refractivity contribution in [2.24, 2.45) is 5.11 Å². The summed E-state index contributed by atoms with van der Waals surface area (Å²) in [4.78, 5) is 13.8. The molecule has 0 aliphatic carbocycles. The standard InChI is InChI=1S/C13H17N3O2/c1-8(2)10-6-5-7-11(9(3)4)12(10)18-13(17)15-16-14/h5-9H,1-4H3. The first kappa shape index (κ1) is 14.1. The molecule has 0 spiro atoms. The van der Waals surface area contributed by atoms with Gasteiger partial charge in [-0.25, -0.2) is 4.79 Å². The van der Waals surface area contributed by atoms with Crippen LogP contribution in [-0.2, 0) is 0 Å². The highest BCUT2D eigenvalue weighted by atomic mass is 16.6. The summed E-state index contributed by atoms with van der Waals surface area (Å²) < 4.78 is 5.18. The topological polar surface area (TPSA) is 75.1 Å². The van der Waals surface area contributed by atoms with Crippen molar-refractivity contribution in [3.8, 4) is 5.75 Å². The number of benzene rings is 1. The Morgan fingerprint density at radius 2 is 1.72 bits per heavy atom. The third-order valence-electron chi connectivity index (χ3n) is 2.64. The zero-order chi connectivity index (χ0) is 13.7. The summed E-state index contributed by atoms with van der Waals surface area (Å²) in [5.41, 5.74) is 10.1. The number of carbonyl (C=O) groups excluding carboxylic acids is 1. The Morgan fingerprint density at radius 1 is 1.22 bits per heavy atom. The number of nitrogens with zero attached hydrogens (tertiary/aromatic N) is 3. The molecule has 1 aromatic rings. The van der Waals surface area contributed by atoms with Gasteiger partial charge < -0.3 is 4.74 Å². The second-order valence-electron chi connectivity index (χ2n) is 4.63. The molecule has 1 amide bonds. The summed E-state index contributed by atoms with van der Waals surface area (Å²) in [6.45, 7) is 8.07. The molecule has 0 aliphatic rings. The number of ether oxygens (including phenoxy) is 1. The van der Waals surface area contributed by atoms with Crippen LogP contribution in [0.25, 0.3) is 10.4 Å². The summed E-state index contributed by atoms with van der Waals surface area (Å²) in [5, 5.41) is 2.94. The molecule has 0 radical (unpaired) electrons. The Labute approximate surface area is 106 Å². The van der Waals surface area contributed by atoms with Crippen LogP contribution in [-0.4, -0.2) is 6.09 Å². The largest absolute Gasteiger partial charge is 0.421 e. The predicted molar refractivity (Wildman–Crippen MR) is 69.8 cm³/mol. The van der Waals surface area contributed by atoms with Crippen LogP contribution in [0.15, 0.2) is 23.3 Å². The van der Waals surface area contributed by atoms with Crippen molar-refractivity contribution in [3.63, 3.8) is 0 Å². The van der Waals surface area contributed by atoms with E-state index in [-0.39, 0.29) is 11.8 Å². The van der Waals surface area contributed by atoms with Crippen LogP contribution in [0, 0.1) is 0 Å². The van der Waals surface area contributed by atoms with Gasteiger partial charge in [-0.1, -0.05) is 45.9 Å². The summed E-state index contributed by atoms with van der Waals surface area (Å²) in [5.74, 6) is 0.954. The molecular weight excluding hydrogens is 230 g/mol. The summed E-state index contributed by atoms with van der Waals surface area (Å²) in [6.07, 6.45) is -0.924. The van der Waals surface area contributed by atoms with Crippen molar-refractivity contribution in [3.05, 3.63) is 39.8 Å². The lowest BCUT2D eigenvalue weighted by atomic mass is 9.94. The van der Waals surface area contributed by atoms with Crippen LogP contribution >= 0.6 is 0 Å². The molecule has 0 N–H and O–H groups in total.